The van der Waals surface area contributed by atoms with Gasteiger partial charge in [-0.25, -0.2) is 0 Å². The summed E-state index contributed by atoms with van der Waals surface area (Å²) in [6.45, 7) is 5.46. The molecule has 1 rings (SSSR count). The van der Waals surface area contributed by atoms with Gasteiger partial charge in [-0.2, -0.15) is 5.10 Å². The van der Waals surface area contributed by atoms with Crippen LogP contribution < -0.4 is 5.32 Å². The number of anilines is 1. The number of hydrogen-bond acceptors (Lipinski definition) is 2. The number of allylic oxidation sites excluding steroid dienone is 1. The quantitative estimate of drug-likeness (QED) is 0.678. The van der Waals surface area contributed by atoms with Crippen LogP contribution >= 0.6 is 0 Å². The molecule has 0 saturated heterocycles. The number of nitrogens with zero attached hydrogens (tertiary/aromatic N) is 1. The van der Waals surface area contributed by atoms with Crippen molar-refractivity contribution < 1.29 is 4.79 Å². The number of aromatic amines is 1. The number of nitrogens with one attached hydrogen (secondary N) is 2. The zero-order valence-corrected chi connectivity index (χ0v) is 8.01. The van der Waals surface area contributed by atoms with Crippen molar-refractivity contribution >= 4 is 11.7 Å². The predicted octanol–water partition coefficient (Wildman–Crippen LogP) is 1.62. The van der Waals surface area contributed by atoms with Crippen LogP contribution in [0.5, 0.6) is 0 Å². The molecule has 0 fully saturated rings. The Kier molecular flexibility index (Phi) is 2.84. The van der Waals surface area contributed by atoms with Crippen molar-refractivity contribution in [3.8, 4) is 0 Å². The maximum Gasteiger partial charge on any atom is 0.252 e. The van der Waals surface area contributed by atoms with Crippen LogP contribution in [0.4, 0.5) is 5.82 Å². The topological polar surface area (TPSA) is 57.8 Å². The standard InChI is InChI=1S/C9H13N3O/c1-4-6(2)9(13)10-8-5-7(3)11-12-8/h4-5H,1-3H3,(H2,10,11,12,13)/b6-4-. The molecule has 0 spiro atoms. The average molecular weight is 179 g/mol. The first-order valence-electron chi connectivity index (χ1n) is 4.09. The van der Waals surface area contributed by atoms with Gasteiger partial charge in [-0.3, -0.25) is 9.89 Å². The van der Waals surface area contributed by atoms with E-state index in [9.17, 15) is 4.79 Å². The van der Waals surface area contributed by atoms with E-state index in [0.717, 1.165) is 5.69 Å². The Morgan fingerprint density at radius 1 is 1.69 bits per heavy atom. The molecule has 0 aliphatic carbocycles. The van der Waals surface area contributed by atoms with Gasteiger partial charge in [0.25, 0.3) is 5.91 Å². The maximum atomic E-state index is 11.3. The summed E-state index contributed by atoms with van der Waals surface area (Å²) in [7, 11) is 0. The lowest BCUT2D eigenvalue weighted by Crippen LogP contribution is -2.12. The monoisotopic (exact) mass is 179 g/mol. The van der Waals surface area contributed by atoms with Crippen molar-refractivity contribution in [1.29, 1.82) is 0 Å². The van der Waals surface area contributed by atoms with E-state index < -0.39 is 0 Å². The number of hydrogen-bond donors (Lipinski definition) is 2. The van der Waals surface area contributed by atoms with Gasteiger partial charge in [0.2, 0.25) is 0 Å². The molecule has 4 nitrogen and oxygen atoms in total. The summed E-state index contributed by atoms with van der Waals surface area (Å²) in [6.07, 6.45) is 1.76. The second kappa shape index (κ2) is 3.89. The first-order valence-corrected chi connectivity index (χ1v) is 4.09. The Morgan fingerprint density at radius 2 is 2.38 bits per heavy atom. The van der Waals surface area contributed by atoms with Gasteiger partial charge >= 0.3 is 0 Å². The summed E-state index contributed by atoms with van der Waals surface area (Å²) < 4.78 is 0. The smallest absolute Gasteiger partial charge is 0.252 e. The fourth-order valence-corrected chi connectivity index (χ4v) is 0.828. The first-order chi connectivity index (χ1) is 6.13. The van der Waals surface area contributed by atoms with Crippen LogP contribution in [0.2, 0.25) is 0 Å². The zero-order chi connectivity index (χ0) is 9.84. The number of carbonyl (C=O) groups is 1. The highest BCUT2D eigenvalue weighted by molar-refractivity contribution is 6.02. The summed E-state index contributed by atoms with van der Waals surface area (Å²) in [4.78, 5) is 11.3. The molecular weight excluding hydrogens is 166 g/mol. The number of aromatic nitrogens is 2. The third-order valence-corrected chi connectivity index (χ3v) is 1.74. The minimum atomic E-state index is -0.117. The third-order valence-electron chi connectivity index (χ3n) is 1.74. The van der Waals surface area contributed by atoms with Crippen LogP contribution in [-0.2, 0) is 4.79 Å². The van der Waals surface area contributed by atoms with Gasteiger partial charge in [-0.1, -0.05) is 6.08 Å². The van der Waals surface area contributed by atoms with E-state index in [2.05, 4.69) is 15.5 Å². The van der Waals surface area contributed by atoms with E-state index in [1.54, 1.807) is 19.1 Å². The van der Waals surface area contributed by atoms with Crippen LogP contribution in [0.15, 0.2) is 17.7 Å². The van der Waals surface area contributed by atoms with E-state index in [4.69, 9.17) is 0 Å². The molecule has 0 unspecified atom stereocenters. The van der Waals surface area contributed by atoms with E-state index in [1.165, 1.54) is 0 Å². The molecule has 2 N–H and O–H groups in total. The molecule has 1 amide bonds. The molecule has 4 heteroatoms. The SMILES string of the molecule is C/C=C(/C)C(=O)Nc1cc(C)[nH]n1. The minimum absolute atomic E-state index is 0.117. The lowest BCUT2D eigenvalue weighted by Gasteiger charge is -1.99. The normalized spacial score (nSPS) is 11.5. The van der Waals surface area contributed by atoms with Crippen LogP contribution in [0.25, 0.3) is 0 Å². The molecule has 0 atom stereocenters. The maximum absolute atomic E-state index is 11.3. The van der Waals surface area contributed by atoms with Crippen molar-refractivity contribution in [2.45, 2.75) is 20.8 Å². The van der Waals surface area contributed by atoms with Gasteiger partial charge in [-0.15, -0.1) is 0 Å². The van der Waals surface area contributed by atoms with Crippen molar-refractivity contribution in [3.05, 3.63) is 23.4 Å². The summed E-state index contributed by atoms with van der Waals surface area (Å²) in [5.41, 5.74) is 1.61. The van der Waals surface area contributed by atoms with Crippen molar-refractivity contribution in [1.82, 2.24) is 10.2 Å². The molecule has 0 bridgehead atoms. The Hall–Kier alpha value is -1.58. The summed E-state index contributed by atoms with van der Waals surface area (Å²) >= 11 is 0. The van der Waals surface area contributed by atoms with Gasteiger partial charge in [0.15, 0.2) is 5.82 Å². The van der Waals surface area contributed by atoms with Crippen LogP contribution in [0, 0.1) is 6.92 Å². The summed E-state index contributed by atoms with van der Waals surface area (Å²) in [6, 6.07) is 1.78. The summed E-state index contributed by atoms with van der Waals surface area (Å²) in [5.74, 6) is 0.442. The van der Waals surface area contributed by atoms with Gasteiger partial charge in [0.1, 0.15) is 0 Å². The highest BCUT2D eigenvalue weighted by atomic mass is 16.1. The summed E-state index contributed by atoms with van der Waals surface area (Å²) in [5, 5.41) is 9.30. The zero-order valence-electron chi connectivity index (χ0n) is 8.01. The van der Waals surface area contributed by atoms with Gasteiger partial charge in [0.05, 0.1) is 0 Å². The molecule has 13 heavy (non-hydrogen) atoms. The highest BCUT2D eigenvalue weighted by Crippen LogP contribution is 2.05. The van der Waals surface area contributed by atoms with Crippen LogP contribution in [0.1, 0.15) is 19.5 Å². The fourth-order valence-electron chi connectivity index (χ4n) is 0.828. The number of rotatable bonds is 2. The lowest BCUT2D eigenvalue weighted by molar-refractivity contribution is -0.112. The van der Waals surface area contributed by atoms with Crippen molar-refractivity contribution in [2.75, 3.05) is 5.32 Å². The number of amides is 1. The van der Waals surface area contributed by atoms with Gasteiger partial charge < -0.3 is 5.32 Å². The Morgan fingerprint density at radius 3 is 2.85 bits per heavy atom. The number of carbonyl (C=O) groups excluding carboxylic acids is 1. The van der Waals surface area contributed by atoms with Crippen LogP contribution in [0.3, 0.4) is 0 Å². The molecule has 0 saturated carbocycles. The lowest BCUT2D eigenvalue weighted by atomic mass is 10.3. The van der Waals surface area contributed by atoms with Crippen molar-refractivity contribution in [2.24, 2.45) is 0 Å². The van der Waals surface area contributed by atoms with E-state index in [-0.39, 0.29) is 5.91 Å². The molecule has 0 aliphatic heterocycles. The van der Waals surface area contributed by atoms with Gasteiger partial charge in [-0.05, 0) is 20.8 Å². The fraction of sp³-hybridized carbons (Fsp3) is 0.333. The van der Waals surface area contributed by atoms with E-state index >= 15 is 0 Å². The molecule has 1 heterocycles. The van der Waals surface area contributed by atoms with E-state index in [0.29, 0.717) is 11.4 Å². The van der Waals surface area contributed by atoms with Crippen LogP contribution in [-0.4, -0.2) is 16.1 Å². The first kappa shape index (κ1) is 9.51. The second-order valence-electron chi connectivity index (χ2n) is 2.86. The highest BCUT2D eigenvalue weighted by Gasteiger charge is 2.04. The predicted molar refractivity (Wildman–Crippen MR) is 51.4 cm³/mol. The molecule has 0 aromatic carbocycles. The molecule has 0 radical (unpaired) electrons. The van der Waals surface area contributed by atoms with Crippen molar-refractivity contribution in [3.63, 3.8) is 0 Å². The average Bonchev–Trinajstić information content (AvgIpc) is 2.49. The Balaban J connectivity index is 2.65. The number of H-pyrrole nitrogens is 1. The second-order valence-corrected chi connectivity index (χ2v) is 2.86. The largest absolute Gasteiger partial charge is 0.305 e. The third kappa shape index (κ3) is 2.43. The van der Waals surface area contributed by atoms with E-state index in [1.807, 2.05) is 13.8 Å². The molecule has 1 aromatic heterocycles. The molecule has 70 valence electrons. The Labute approximate surface area is 77.0 Å². The number of aryl methyl sites for hydroxylation is 1. The molecular formula is C9H13N3O. The Bertz CT molecular complexity index is 338. The minimum Gasteiger partial charge on any atom is -0.305 e. The van der Waals surface area contributed by atoms with Gasteiger partial charge in [0, 0.05) is 17.3 Å². The molecule has 1 aromatic rings. The molecule has 0 aliphatic rings.